The van der Waals surface area contributed by atoms with Gasteiger partial charge in [0.2, 0.25) is 0 Å². The number of ether oxygens (including phenoxy) is 2. The van der Waals surface area contributed by atoms with Crippen LogP contribution in [0.4, 0.5) is 0 Å². The normalized spacial score (nSPS) is 9.31. The minimum atomic E-state index is 0.102. The predicted molar refractivity (Wildman–Crippen MR) is 124 cm³/mol. The second-order valence-corrected chi connectivity index (χ2v) is 7.75. The van der Waals surface area contributed by atoms with Crippen LogP contribution < -0.4 is 9.47 Å². The van der Waals surface area contributed by atoms with Gasteiger partial charge in [-0.25, -0.2) is 0 Å². The van der Waals surface area contributed by atoms with Gasteiger partial charge in [0.1, 0.15) is 23.0 Å². The zero-order chi connectivity index (χ0) is 20.3. The lowest BCUT2D eigenvalue weighted by molar-refractivity contribution is 0.327. The molecule has 0 aliphatic heterocycles. The summed E-state index contributed by atoms with van der Waals surface area (Å²) in [6.07, 6.45) is 0. The average Bonchev–Trinajstić information content (AvgIpc) is 2.60. The van der Waals surface area contributed by atoms with Crippen LogP contribution in [0.25, 0.3) is 0 Å². The Morgan fingerprint density at radius 1 is 0.692 bits per heavy atom. The highest BCUT2D eigenvalue weighted by Gasteiger charge is 2.07. The molecule has 0 aliphatic carbocycles. The van der Waals surface area contributed by atoms with Gasteiger partial charge in [0, 0.05) is 22.4 Å². The van der Waals surface area contributed by atoms with Crippen LogP contribution in [0.2, 0.25) is 0 Å². The first-order valence-corrected chi connectivity index (χ1v) is 11.6. The first-order valence-electron chi connectivity index (χ1n) is 7.08. The van der Waals surface area contributed by atoms with E-state index in [2.05, 4.69) is 86.1 Å². The molecule has 0 heterocycles. The summed E-state index contributed by atoms with van der Waals surface area (Å²) in [6, 6.07) is 6.63. The molecule has 2 rings (SSSR count). The molecule has 0 aliphatic rings. The van der Waals surface area contributed by atoms with Gasteiger partial charge in [0.15, 0.2) is 0 Å². The highest BCUT2D eigenvalue weighted by Crippen LogP contribution is 2.36. The summed E-state index contributed by atoms with van der Waals surface area (Å²) in [5, 5.41) is 18.1. The zero-order valence-electron chi connectivity index (χ0n) is 13.8. The second-order valence-electron chi connectivity index (χ2n) is 4.33. The lowest BCUT2D eigenvalue weighted by Crippen LogP contribution is -1.96. The fourth-order valence-corrected chi connectivity index (χ4v) is 3.10. The molecule has 2 aromatic carbocycles. The molecule has 4 nitrogen and oxygen atoms in total. The summed E-state index contributed by atoms with van der Waals surface area (Å²) in [6.45, 7) is 5.21. The number of hydrogen-bond donors (Lipinski definition) is 2. The molecule has 0 spiro atoms. The van der Waals surface area contributed by atoms with Crippen molar-refractivity contribution in [1.82, 2.24) is 0 Å². The Morgan fingerprint density at radius 2 is 1.00 bits per heavy atom. The third-order valence-electron chi connectivity index (χ3n) is 2.60. The number of phenolic OH excluding ortho intramolecular Hbond substituents is 2. The second kappa shape index (κ2) is 14.1. The van der Waals surface area contributed by atoms with Crippen molar-refractivity contribution in [1.29, 1.82) is 0 Å². The predicted octanol–water partition coefficient (Wildman–Crippen LogP) is 6.63. The zero-order valence-corrected chi connectivity index (χ0v) is 21.7. The van der Waals surface area contributed by atoms with E-state index in [1.54, 1.807) is 0 Å². The molecule has 0 amide bonds. The van der Waals surface area contributed by atoms with Crippen LogP contribution in [0.3, 0.4) is 0 Å². The van der Waals surface area contributed by atoms with Gasteiger partial charge < -0.3 is 19.7 Å². The molecule has 144 valence electrons. The maximum atomic E-state index is 9.04. The summed E-state index contributed by atoms with van der Waals surface area (Å²) in [4.78, 5) is 0. The lowest BCUT2D eigenvalue weighted by atomic mass is 10.3. The number of aromatic hydroxyl groups is 2. The van der Waals surface area contributed by atoms with Gasteiger partial charge in [0.25, 0.3) is 0 Å². The van der Waals surface area contributed by atoms with E-state index in [1.807, 2.05) is 26.0 Å². The van der Waals surface area contributed by atoms with E-state index in [0.29, 0.717) is 22.2 Å². The van der Waals surface area contributed by atoms with Gasteiger partial charge in [-0.2, -0.15) is 0 Å². The molecule has 0 aromatic heterocycles. The average molecular weight is 656 g/mol. The Hall–Kier alpha value is -0.000000000000000167. The van der Waals surface area contributed by atoms with Crippen LogP contribution in [0.15, 0.2) is 42.2 Å². The highest BCUT2D eigenvalue weighted by atomic mass is 79.9. The summed E-state index contributed by atoms with van der Waals surface area (Å²) in [5.41, 5.74) is 0. The van der Waals surface area contributed by atoms with E-state index in [9.17, 15) is 0 Å². The van der Waals surface area contributed by atoms with Crippen molar-refractivity contribution in [3.05, 3.63) is 42.2 Å². The van der Waals surface area contributed by atoms with Crippen LogP contribution >= 0.6 is 63.7 Å². The lowest BCUT2D eigenvalue weighted by Gasteiger charge is -2.10. The summed E-state index contributed by atoms with van der Waals surface area (Å²) in [5.74, 6) is 1.85. The third kappa shape index (κ3) is 8.79. The molecule has 0 fully saturated rings. The maximum absolute atomic E-state index is 9.04. The van der Waals surface area contributed by atoms with E-state index in [0.717, 1.165) is 20.4 Å². The van der Waals surface area contributed by atoms with Gasteiger partial charge in [-0.3, -0.25) is 0 Å². The van der Waals surface area contributed by atoms with Gasteiger partial charge in [0.05, 0.1) is 31.1 Å². The van der Waals surface area contributed by atoms with E-state index in [1.165, 1.54) is 12.1 Å². The molecule has 0 saturated carbocycles. The Bertz CT molecular complexity index is 635. The van der Waals surface area contributed by atoms with Gasteiger partial charge in [-0.15, -0.1) is 0 Å². The van der Waals surface area contributed by atoms with Gasteiger partial charge >= 0.3 is 0 Å². The van der Waals surface area contributed by atoms with Gasteiger partial charge in [-0.1, -0.05) is 0 Å². The standard InChI is InChI=1S/C10H12Br2O2.C6H4Br2O2.S2/c1-3-13-9-5-8(12)10(14-4-2)6-7(9)11;7-3-1-5(9)4(8)2-6(3)10;1-2/h5-6H,3-4H2,1-2H3;1-2,9-10H;. The molecule has 0 bridgehead atoms. The number of phenols is 2. The van der Waals surface area contributed by atoms with Crippen LogP contribution in [0.5, 0.6) is 23.0 Å². The van der Waals surface area contributed by atoms with Crippen LogP contribution in [0.1, 0.15) is 13.8 Å². The van der Waals surface area contributed by atoms with Crippen molar-refractivity contribution in [2.45, 2.75) is 13.8 Å². The Labute approximate surface area is 196 Å². The number of benzene rings is 2. The Kier molecular flexibility index (Phi) is 14.1. The minimum absolute atomic E-state index is 0.102. The van der Waals surface area contributed by atoms with Gasteiger partial charge in [-0.05, 0) is 102 Å². The molecular formula is C16H16Br4O4S2. The SMILES string of the molecule is CCOc1cc(Br)c(OCC)cc1Br.Oc1cc(Br)c(O)cc1Br.S=S. The molecule has 0 saturated heterocycles. The number of rotatable bonds is 4. The first-order chi connectivity index (χ1) is 12.3. The molecule has 26 heavy (non-hydrogen) atoms. The van der Waals surface area contributed by atoms with E-state index < -0.39 is 0 Å². The quantitative estimate of drug-likeness (QED) is 0.361. The maximum Gasteiger partial charge on any atom is 0.134 e. The third-order valence-corrected chi connectivity index (χ3v) is 5.11. The number of hydrogen-bond acceptors (Lipinski definition) is 6. The van der Waals surface area contributed by atoms with Crippen LogP contribution in [-0.2, 0) is 22.4 Å². The highest BCUT2D eigenvalue weighted by molar-refractivity contribution is 9.11. The monoisotopic (exact) mass is 652 g/mol. The minimum Gasteiger partial charge on any atom is -0.507 e. The molecule has 0 atom stereocenters. The van der Waals surface area contributed by atoms with E-state index in [4.69, 9.17) is 19.7 Å². The summed E-state index contributed by atoms with van der Waals surface area (Å²) in [7, 11) is 0. The topological polar surface area (TPSA) is 58.9 Å². The van der Waals surface area contributed by atoms with Crippen molar-refractivity contribution < 1.29 is 19.7 Å². The van der Waals surface area contributed by atoms with Crippen LogP contribution in [-0.4, -0.2) is 23.4 Å². The number of halogens is 4. The summed E-state index contributed by atoms with van der Waals surface area (Å²) < 4.78 is 13.6. The largest absolute Gasteiger partial charge is 0.507 e. The molecular weight excluding hydrogens is 640 g/mol. The van der Waals surface area contributed by atoms with E-state index >= 15 is 0 Å². The van der Waals surface area contributed by atoms with Crippen molar-refractivity contribution in [2.75, 3.05) is 13.2 Å². The van der Waals surface area contributed by atoms with Crippen molar-refractivity contribution in [2.24, 2.45) is 0 Å². The summed E-state index contributed by atoms with van der Waals surface area (Å²) >= 11 is 20.3. The van der Waals surface area contributed by atoms with Crippen molar-refractivity contribution in [3.8, 4) is 23.0 Å². The van der Waals surface area contributed by atoms with E-state index in [-0.39, 0.29) is 11.5 Å². The fourth-order valence-electron chi connectivity index (χ4n) is 1.57. The molecule has 10 heteroatoms. The Balaban J connectivity index is 0.000000458. The van der Waals surface area contributed by atoms with Crippen LogP contribution in [0, 0.1) is 0 Å². The molecule has 0 radical (unpaired) electrons. The van der Waals surface area contributed by atoms with Crippen molar-refractivity contribution >= 4 is 86.1 Å². The Morgan fingerprint density at radius 3 is 1.27 bits per heavy atom. The molecule has 2 aromatic rings. The smallest absolute Gasteiger partial charge is 0.134 e. The van der Waals surface area contributed by atoms with Crippen molar-refractivity contribution in [3.63, 3.8) is 0 Å². The molecule has 2 N–H and O–H groups in total. The fraction of sp³-hybridized carbons (Fsp3) is 0.250. The molecule has 0 unspecified atom stereocenters. The first kappa shape index (κ1) is 26.0.